The van der Waals surface area contributed by atoms with E-state index in [0.29, 0.717) is 19.1 Å². The van der Waals surface area contributed by atoms with Crippen LogP contribution < -0.4 is 5.32 Å². The van der Waals surface area contributed by atoms with E-state index >= 15 is 0 Å². The van der Waals surface area contributed by atoms with Crippen LogP contribution in [0.2, 0.25) is 0 Å². The van der Waals surface area contributed by atoms with Crippen LogP contribution in [0.25, 0.3) is 0 Å². The minimum Gasteiger partial charge on any atom is -0.380 e. The number of nitrogens with zero attached hydrogens (tertiary/aromatic N) is 1. The monoisotopic (exact) mass is 200 g/mol. The molecule has 0 aromatic rings. The first-order chi connectivity index (χ1) is 6.70. The van der Waals surface area contributed by atoms with E-state index in [2.05, 4.69) is 19.2 Å². The van der Waals surface area contributed by atoms with E-state index in [1.807, 2.05) is 0 Å². The maximum Gasteiger partial charge on any atom is 0.317 e. The van der Waals surface area contributed by atoms with Gasteiger partial charge in [0.15, 0.2) is 0 Å². The average Bonchev–Trinajstić information content (AvgIpc) is 2.51. The number of urea groups is 1. The fourth-order valence-electron chi connectivity index (χ4n) is 1.32. The number of carbonyl (C=O) groups is 1. The minimum atomic E-state index is 0.0393. The van der Waals surface area contributed by atoms with Crippen molar-refractivity contribution in [2.24, 2.45) is 5.92 Å². The third-order valence-electron chi connectivity index (χ3n) is 2.29. The van der Waals surface area contributed by atoms with Crippen LogP contribution in [0.3, 0.4) is 0 Å². The molecule has 0 unspecified atom stereocenters. The standard InChI is InChI=1S/C10H20N2O2/c1-9(2)3-7-14-8-6-12-5-4-11-10(12)13/h9H,3-8H2,1-2H3,(H,11,13). The molecule has 1 rings (SSSR count). The van der Waals surface area contributed by atoms with Crippen molar-refractivity contribution in [2.45, 2.75) is 20.3 Å². The number of ether oxygens (including phenoxy) is 1. The summed E-state index contributed by atoms with van der Waals surface area (Å²) >= 11 is 0. The molecule has 0 aromatic heterocycles. The van der Waals surface area contributed by atoms with E-state index in [0.717, 1.165) is 26.1 Å². The van der Waals surface area contributed by atoms with Gasteiger partial charge in [-0.15, -0.1) is 0 Å². The molecule has 2 amide bonds. The molecule has 82 valence electrons. The molecule has 1 aliphatic heterocycles. The summed E-state index contributed by atoms with van der Waals surface area (Å²) in [6.45, 7) is 8.10. The number of rotatable bonds is 6. The summed E-state index contributed by atoms with van der Waals surface area (Å²) in [5.74, 6) is 0.685. The van der Waals surface area contributed by atoms with Crippen LogP contribution >= 0.6 is 0 Å². The summed E-state index contributed by atoms with van der Waals surface area (Å²) in [5, 5.41) is 2.76. The zero-order valence-electron chi connectivity index (χ0n) is 9.08. The van der Waals surface area contributed by atoms with Gasteiger partial charge in [-0.2, -0.15) is 0 Å². The van der Waals surface area contributed by atoms with Crippen molar-refractivity contribution in [3.05, 3.63) is 0 Å². The molecule has 0 spiro atoms. The molecule has 0 aromatic carbocycles. The highest BCUT2D eigenvalue weighted by Gasteiger charge is 2.18. The summed E-state index contributed by atoms with van der Waals surface area (Å²) in [5.41, 5.74) is 0. The van der Waals surface area contributed by atoms with Crippen molar-refractivity contribution in [2.75, 3.05) is 32.8 Å². The van der Waals surface area contributed by atoms with Crippen LogP contribution in [0, 0.1) is 5.92 Å². The lowest BCUT2D eigenvalue weighted by Gasteiger charge is -2.14. The predicted molar refractivity (Wildman–Crippen MR) is 55.2 cm³/mol. The fraction of sp³-hybridized carbons (Fsp3) is 0.900. The Balaban J connectivity index is 1.96. The van der Waals surface area contributed by atoms with E-state index in [4.69, 9.17) is 4.74 Å². The summed E-state index contributed by atoms with van der Waals surface area (Å²) in [4.78, 5) is 12.9. The third kappa shape index (κ3) is 3.96. The lowest BCUT2D eigenvalue weighted by molar-refractivity contribution is 0.107. The molecule has 14 heavy (non-hydrogen) atoms. The van der Waals surface area contributed by atoms with Crippen molar-refractivity contribution in [1.82, 2.24) is 10.2 Å². The van der Waals surface area contributed by atoms with Crippen molar-refractivity contribution >= 4 is 6.03 Å². The molecule has 0 atom stereocenters. The number of amides is 2. The van der Waals surface area contributed by atoms with Gasteiger partial charge in [0.25, 0.3) is 0 Å². The van der Waals surface area contributed by atoms with Crippen molar-refractivity contribution in [3.63, 3.8) is 0 Å². The Hall–Kier alpha value is -0.770. The van der Waals surface area contributed by atoms with Gasteiger partial charge in [-0.1, -0.05) is 13.8 Å². The van der Waals surface area contributed by atoms with E-state index in [1.165, 1.54) is 0 Å². The molecule has 0 saturated carbocycles. The molecule has 0 radical (unpaired) electrons. The number of nitrogens with one attached hydrogen (secondary N) is 1. The van der Waals surface area contributed by atoms with Gasteiger partial charge < -0.3 is 15.0 Å². The lowest BCUT2D eigenvalue weighted by atomic mass is 10.1. The van der Waals surface area contributed by atoms with Crippen LogP contribution in [-0.4, -0.2) is 43.8 Å². The topological polar surface area (TPSA) is 41.6 Å². The molecule has 1 aliphatic rings. The highest BCUT2D eigenvalue weighted by atomic mass is 16.5. The maximum absolute atomic E-state index is 11.1. The van der Waals surface area contributed by atoms with Crippen LogP contribution in [0.1, 0.15) is 20.3 Å². The zero-order chi connectivity index (χ0) is 10.4. The Bertz CT molecular complexity index is 183. The summed E-state index contributed by atoms with van der Waals surface area (Å²) < 4.78 is 5.43. The Morgan fingerprint density at radius 3 is 2.86 bits per heavy atom. The quantitative estimate of drug-likeness (QED) is 0.652. The van der Waals surface area contributed by atoms with Gasteiger partial charge in [-0.05, 0) is 12.3 Å². The SMILES string of the molecule is CC(C)CCOCCN1CCNC1=O. The van der Waals surface area contributed by atoms with E-state index < -0.39 is 0 Å². The Morgan fingerprint density at radius 2 is 2.29 bits per heavy atom. The first-order valence-electron chi connectivity index (χ1n) is 5.30. The second-order valence-electron chi connectivity index (χ2n) is 4.01. The molecule has 1 saturated heterocycles. The molecule has 1 fully saturated rings. The van der Waals surface area contributed by atoms with E-state index in [-0.39, 0.29) is 6.03 Å². The van der Waals surface area contributed by atoms with Crippen molar-refractivity contribution < 1.29 is 9.53 Å². The first-order valence-corrected chi connectivity index (χ1v) is 5.30. The van der Waals surface area contributed by atoms with Gasteiger partial charge in [-0.3, -0.25) is 0 Å². The third-order valence-corrected chi connectivity index (χ3v) is 2.29. The molecule has 1 N–H and O–H groups in total. The van der Waals surface area contributed by atoms with Crippen molar-refractivity contribution in [3.8, 4) is 0 Å². The maximum atomic E-state index is 11.1. The molecule has 0 bridgehead atoms. The highest BCUT2D eigenvalue weighted by Crippen LogP contribution is 2.00. The average molecular weight is 200 g/mol. The Kier molecular flexibility index (Phi) is 4.73. The lowest BCUT2D eigenvalue weighted by Crippen LogP contribution is -2.31. The van der Waals surface area contributed by atoms with Gasteiger partial charge in [0.05, 0.1) is 6.61 Å². The van der Waals surface area contributed by atoms with Crippen LogP contribution in [-0.2, 0) is 4.74 Å². The summed E-state index contributed by atoms with van der Waals surface area (Å²) in [6.07, 6.45) is 1.09. The molecular weight excluding hydrogens is 180 g/mol. The largest absolute Gasteiger partial charge is 0.380 e. The molecule has 4 nitrogen and oxygen atoms in total. The van der Waals surface area contributed by atoms with Crippen LogP contribution in [0.5, 0.6) is 0 Å². The fourth-order valence-corrected chi connectivity index (χ4v) is 1.32. The molecule has 4 heteroatoms. The van der Waals surface area contributed by atoms with Gasteiger partial charge >= 0.3 is 6.03 Å². The van der Waals surface area contributed by atoms with Gasteiger partial charge in [0, 0.05) is 26.2 Å². The van der Waals surface area contributed by atoms with E-state index in [9.17, 15) is 4.79 Å². The van der Waals surface area contributed by atoms with Crippen LogP contribution in [0.4, 0.5) is 4.79 Å². The first kappa shape index (κ1) is 11.3. The molecule has 0 aliphatic carbocycles. The predicted octanol–water partition coefficient (Wildman–Crippen LogP) is 1.07. The zero-order valence-corrected chi connectivity index (χ0v) is 9.08. The summed E-state index contributed by atoms with van der Waals surface area (Å²) in [7, 11) is 0. The summed E-state index contributed by atoms with van der Waals surface area (Å²) in [6, 6.07) is 0.0393. The minimum absolute atomic E-state index is 0.0393. The van der Waals surface area contributed by atoms with Gasteiger partial charge in [-0.25, -0.2) is 4.79 Å². The van der Waals surface area contributed by atoms with E-state index in [1.54, 1.807) is 4.90 Å². The number of carbonyl (C=O) groups excluding carboxylic acids is 1. The Labute approximate surface area is 85.6 Å². The Morgan fingerprint density at radius 1 is 1.50 bits per heavy atom. The second kappa shape index (κ2) is 5.86. The molecular formula is C10H20N2O2. The highest BCUT2D eigenvalue weighted by molar-refractivity contribution is 5.76. The van der Waals surface area contributed by atoms with Gasteiger partial charge in [0.1, 0.15) is 0 Å². The van der Waals surface area contributed by atoms with Gasteiger partial charge in [0.2, 0.25) is 0 Å². The second-order valence-corrected chi connectivity index (χ2v) is 4.01. The smallest absolute Gasteiger partial charge is 0.317 e. The molecule has 1 heterocycles. The number of hydrogen-bond donors (Lipinski definition) is 1. The normalized spacial score (nSPS) is 16.5. The van der Waals surface area contributed by atoms with Crippen molar-refractivity contribution in [1.29, 1.82) is 0 Å². The number of hydrogen-bond acceptors (Lipinski definition) is 2. The van der Waals surface area contributed by atoms with Crippen LogP contribution in [0.15, 0.2) is 0 Å².